The van der Waals surface area contributed by atoms with Crippen LogP contribution in [0.2, 0.25) is 0 Å². The van der Waals surface area contributed by atoms with Crippen LogP contribution in [0.15, 0.2) is 27.1 Å². The molecule has 5 heteroatoms. The van der Waals surface area contributed by atoms with Crippen molar-refractivity contribution in [2.75, 3.05) is 20.1 Å². The molecule has 3 nitrogen and oxygen atoms in total. The van der Waals surface area contributed by atoms with Gasteiger partial charge < -0.3 is 10.2 Å². The van der Waals surface area contributed by atoms with E-state index in [2.05, 4.69) is 49.1 Å². The van der Waals surface area contributed by atoms with Gasteiger partial charge >= 0.3 is 0 Å². The number of hydrogen-bond donors (Lipinski definition) is 1. The van der Waals surface area contributed by atoms with Gasteiger partial charge in [-0.2, -0.15) is 0 Å². The van der Waals surface area contributed by atoms with E-state index in [1.54, 1.807) is 0 Å². The maximum atomic E-state index is 12.2. The van der Waals surface area contributed by atoms with Crippen molar-refractivity contribution < 1.29 is 4.79 Å². The predicted molar refractivity (Wildman–Crippen MR) is 79.8 cm³/mol. The molecule has 1 N–H and O–H groups in total. The van der Waals surface area contributed by atoms with Crippen molar-refractivity contribution in [2.45, 2.75) is 18.9 Å². The monoisotopic (exact) mass is 374 g/mol. The van der Waals surface area contributed by atoms with E-state index in [1.165, 1.54) is 0 Å². The van der Waals surface area contributed by atoms with Gasteiger partial charge in [-0.1, -0.05) is 15.9 Å². The molecule has 0 saturated carbocycles. The summed E-state index contributed by atoms with van der Waals surface area (Å²) in [6.45, 7) is 2.05. The van der Waals surface area contributed by atoms with Gasteiger partial charge in [0.05, 0.1) is 5.56 Å². The van der Waals surface area contributed by atoms with Crippen LogP contribution < -0.4 is 5.32 Å². The highest BCUT2D eigenvalue weighted by Crippen LogP contribution is 2.22. The lowest BCUT2D eigenvalue weighted by molar-refractivity contribution is 0.0912. The van der Waals surface area contributed by atoms with Gasteiger partial charge in [0.1, 0.15) is 0 Å². The van der Waals surface area contributed by atoms with Crippen molar-refractivity contribution in [3.05, 3.63) is 32.7 Å². The van der Waals surface area contributed by atoms with Crippen LogP contribution in [0.3, 0.4) is 0 Å². The van der Waals surface area contributed by atoms with Crippen molar-refractivity contribution in [3.8, 4) is 0 Å². The largest absolute Gasteiger partial charge is 0.348 e. The molecule has 1 aliphatic rings. The smallest absolute Gasteiger partial charge is 0.252 e. The van der Waals surface area contributed by atoms with Gasteiger partial charge in [-0.25, -0.2) is 0 Å². The standard InChI is InChI=1S/C13H16Br2N2O/c1-17-6-2-3-10(8-17)16-13(18)11-5-4-9(14)7-12(11)15/h4-5,7,10H,2-3,6,8H2,1H3,(H,16,18). The fourth-order valence-corrected chi connectivity index (χ4v) is 3.45. The van der Waals surface area contributed by atoms with E-state index in [0.29, 0.717) is 5.56 Å². The Morgan fingerprint density at radius 1 is 1.44 bits per heavy atom. The average molecular weight is 376 g/mol. The number of rotatable bonds is 2. The maximum absolute atomic E-state index is 12.2. The van der Waals surface area contributed by atoms with E-state index in [-0.39, 0.29) is 11.9 Å². The Balaban J connectivity index is 2.03. The first-order chi connectivity index (χ1) is 8.56. The quantitative estimate of drug-likeness (QED) is 0.861. The van der Waals surface area contributed by atoms with Crippen molar-refractivity contribution in [3.63, 3.8) is 0 Å². The van der Waals surface area contributed by atoms with Gasteiger partial charge in [0, 0.05) is 21.5 Å². The summed E-state index contributed by atoms with van der Waals surface area (Å²) in [6, 6.07) is 5.86. The zero-order chi connectivity index (χ0) is 13.1. The molecule has 1 aromatic carbocycles. The Hall–Kier alpha value is -0.390. The first kappa shape index (κ1) is 14.0. The van der Waals surface area contributed by atoms with Crippen molar-refractivity contribution in [2.24, 2.45) is 0 Å². The Labute approximate surface area is 124 Å². The highest BCUT2D eigenvalue weighted by atomic mass is 79.9. The number of benzene rings is 1. The lowest BCUT2D eigenvalue weighted by Gasteiger charge is -2.30. The summed E-state index contributed by atoms with van der Waals surface area (Å²) < 4.78 is 1.78. The highest BCUT2D eigenvalue weighted by molar-refractivity contribution is 9.11. The maximum Gasteiger partial charge on any atom is 0.252 e. The lowest BCUT2D eigenvalue weighted by Crippen LogP contribution is -2.46. The number of nitrogens with one attached hydrogen (secondary N) is 1. The van der Waals surface area contributed by atoms with E-state index >= 15 is 0 Å². The minimum Gasteiger partial charge on any atom is -0.348 e. The summed E-state index contributed by atoms with van der Waals surface area (Å²) in [7, 11) is 2.09. The second-order valence-electron chi connectivity index (χ2n) is 4.70. The van der Waals surface area contributed by atoms with Crippen LogP contribution in [0.1, 0.15) is 23.2 Å². The Morgan fingerprint density at radius 2 is 2.22 bits per heavy atom. The fourth-order valence-electron chi connectivity index (χ4n) is 2.22. The first-order valence-electron chi connectivity index (χ1n) is 6.00. The Bertz CT molecular complexity index is 451. The third-order valence-corrected chi connectivity index (χ3v) is 4.28. The van der Waals surface area contributed by atoms with Crippen LogP contribution in [0.4, 0.5) is 0 Å². The summed E-state index contributed by atoms with van der Waals surface area (Å²) >= 11 is 6.81. The number of halogens is 2. The van der Waals surface area contributed by atoms with Crippen LogP contribution in [0, 0.1) is 0 Å². The zero-order valence-electron chi connectivity index (χ0n) is 10.2. The van der Waals surface area contributed by atoms with E-state index in [9.17, 15) is 4.79 Å². The van der Waals surface area contributed by atoms with Crippen molar-refractivity contribution >= 4 is 37.8 Å². The second kappa shape index (κ2) is 6.17. The molecule has 1 amide bonds. The summed E-state index contributed by atoms with van der Waals surface area (Å²) in [5.74, 6) is -0.00493. The van der Waals surface area contributed by atoms with Crippen molar-refractivity contribution in [1.82, 2.24) is 10.2 Å². The van der Waals surface area contributed by atoms with E-state index < -0.39 is 0 Å². The molecule has 1 heterocycles. The van der Waals surface area contributed by atoms with Gasteiger partial charge in [0.2, 0.25) is 0 Å². The molecule has 2 rings (SSSR count). The number of amides is 1. The molecule has 0 radical (unpaired) electrons. The minimum atomic E-state index is -0.00493. The van der Waals surface area contributed by atoms with Crippen LogP contribution in [0.25, 0.3) is 0 Å². The molecule has 1 aliphatic heterocycles. The van der Waals surface area contributed by atoms with E-state index in [1.807, 2.05) is 18.2 Å². The third-order valence-electron chi connectivity index (χ3n) is 3.14. The normalized spacial score (nSPS) is 20.7. The van der Waals surface area contributed by atoms with Crippen LogP contribution in [0.5, 0.6) is 0 Å². The van der Waals surface area contributed by atoms with Gasteiger partial charge in [-0.05, 0) is 60.6 Å². The summed E-state index contributed by atoms with van der Waals surface area (Å²) in [5.41, 5.74) is 0.687. The van der Waals surface area contributed by atoms with E-state index in [4.69, 9.17) is 0 Å². The molecule has 0 aromatic heterocycles. The molecule has 0 bridgehead atoms. The molecular formula is C13H16Br2N2O. The summed E-state index contributed by atoms with van der Waals surface area (Å²) in [6.07, 6.45) is 2.20. The van der Waals surface area contributed by atoms with Crippen LogP contribution in [-0.4, -0.2) is 37.0 Å². The number of piperidine rings is 1. The van der Waals surface area contributed by atoms with Crippen LogP contribution >= 0.6 is 31.9 Å². The average Bonchev–Trinajstić information content (AvgIpc) is 2.28. The van der Waals surface area contributed by atoms with Gasteiger partial charge in [0.25, 0.3) is 5.91 Å². The highest BCUT2D eigenvalue weighted by Gasteiger charge is 2.20. The summed E-state index contributed by atoms with van der Waals surface area (Å²) in [4.78, 5) is 14.4. The third kappa shape index (κ3) is 3.56. The molecular weight excluding hydrogens is 360 g/mol. The van der Waals surface area contributed by atoms with Gasteiger partial charge in [-0.15, -0.1) is 0 Å². The number of likely N-dealkylation sites (N-methyl/N-ethyl adjacent to an activating group) is 1. The number of carbonyl (C=O) groups excluding carboxylic acids is 1. The lowest BCUT2D eigenvalue weighted by atomic mass is 10.1. The van der Waals surface area contributed by atoms with E-state index in [0.717, 1.165) is 34.9 Å². The molecule has 1 aromatic rings. The first-order valence-corrected chi connectivity index (χ1v) is 7.59. The SMILES string of the molecule is CN1CCCC(NC(=O)c2ccc(Br)cc2Br)C1. The van der Waals surface area contributed by atoms with Crippen LogP contribution in [-0.2, 0) is 0 Å². The molecule has 1 saturated heterocycles. The second-order valence-corrected chi connectivity index (χ2v) is 6.47. The molecule has 0 spiro atoms. The molecule has 1 unspecified atom stereocenters. The van der Waals surface area contributed by atoms with Gasteiger partial charge in [0.15, 0.2) is 0 Å². The molecule has 18 heavy (non-hydrogen) atoms. The Kier molecular flexibility index (Phi) is 4.81. The molecule has 98 valence electrons. The summed E-state index contributed by atoms with van der Waals surface area (Å²) in [5, 5.41) is 3.10. The Morgan fingerprint density at radius 3 is 2.89 bits per heavy atom. The number of nitrogens with zero attached hydrogens (tertiary/aromatic N) is 1. The number of carbonyl (C=O) groups is 1. The molecule has 1 fully saturated rings. The van der Waals surface area contributed by atoms with Crippen molar-refractivity contribution in [1.29, 1.82) is 0 Å². The van der Waals surface area contributed by atoms with Gasteiger partial charge in [-0.3, -0.25) is 4.79 Å². The topological polar surface area (TPSA) is 32.3 Å². The number of likely N-dealkylation sites (tertiary alicyclic amines) is 1. The molecule has 0 aliphatic carbocycles. The zero-order valence-corrected chi connectivity index (χ0v) is 13.4. The predicted octanol–water partition coefficient (Wildman–Crippen LogP) is 3.04. The number of hydrogen-bond acceptors (Lipinski definition) is 2. The fraction of sp³-hybridized carbons (Fsp3) is 0.462. The molecule has 1 atom stereocenters. The minimum absolute atomic E-state index is 0.00493.